The fraction of sp³-hybridized carbons (Fsp3) is 0.682. The van der Waals surface area contributed by atoms with Gasteiger partial charge in [0.1, 0.15) is 17.1 Å². The van der Waals surface area contributed by atoms with E-state index < -0.39 is 5.97 Å². The lowest BCUT2D eigenvalue weighted by atomic mass is 9.84. The average Bonchev–Trinajstić information content (AvgIpc) is 2.59. The molecule has 0 bridgehead atoms. The second kappa shape index (κ2) is 8.79. The van der Waals surface area contributed by atoms with E-state index in [1.165, 1.54) is 37.7 Å². The number of carbonyl (C=O) groups is 1. The van der Waals surface area contributed by atoms with Gasteiger partial charge in [-0.15, -0.1) is 0 Å². The predicted molar refractivity (Wildman–Crippen MR) is 105 cm³/mol. The molecule has 1 heterocycles. The van der Waals surface area contributed by atoms with Gasteiger partial charge in [0.2, 0.25) is 0 Å². The van der Waals surface area contributed by atoms with E-state index in [9.17, 15) is 4.79 Å². The number of rotatable bonds is 9. The minimum Gasteiger partial charge on any atom is -0.487 e. The summed E-state index contributed by atoms with van der Waals surface area (Å²) in [6.07, 6.45) is 9.42. The highest BCUT2D eigenvalue weighted by Crippen LogP contribution is 2.44. The van der Waals surface area contributed by atoms with Gasteiger partial charge in [0.25, 0.3) is 0 Å². The number of carboxylic acids is 1. The van der Waals surface area contributed by atoms with Gasteiger partial charge in [0, 0.05) is 5.56 Å². The largest absolute Gasteiger partial charge is 0.487 e. The van der Waals surface area contributed by atoms with Crippen molar-refractivity contribution in [2.75, 3.05) is 6.61 Å². The first kappa shape index (κ1) is 20.6. The average molecular weight is 363 g/mol. The number of unbranched alkanes of at least 4 members (excludes halogenated alkanes) is 4. The van der Waals surface area contributed by atoms with Crippen molar-refractivity contribution in [1.82, 2.24) is 0 Å². The SMILES string of the molecule is CCCCCCCC1(C)CCc2c(C)c(OCC(=O)O)c(C)c(C)c2O1. The van der Waals surface area contributed by atoms with Crippen molar-refractivity contribution in [2.24, 2.45) is 0 Å². The molecule has 0 spiro atoms. The van der Waals surface area contributed by atoms with Crippen molar-refractivity contribution < 1.29 is 19.4 Å². The van der Waals surface area contributed by atoms with Crippen molar-refractivity contribution in [3.8, 4) is 11.5 Å². The topological polar surface area (TPSA) is 55.8 Å². The van der Waals surface area contributed by atoms with Gasteiger partial charge in [-0.2, -0.15) is 0 Å². The molecule has 0 saturated heterocycles. The van der Waals surface area contributed by atoms with E-state index in [0.29, 0.717) is 5.75 Å². The highest BCUT2D eigenvalue weighted by molar-refractivity contribution is 5.69. The molecule has 4 nitrogen and oxygen atoms in total. The van der Waals surface area contributed by atoms with Crippen LogP contribution >= 0.6 is 0 Å². The summed E-state index contributed by atoms with van der Waals surface area (Å²) >= 11 is 0. The molecule has 0 saturated carbocycles. The predicted octanol–water partition coefficient (Wildman–Crippen LogP) is 5.52. The summed E-state index contributed by atoms with van der Waals surface area (Å²) in [5, 5.41) is 8.92. The molecule has 26 heavy (non-hydrogen) atoms. The summed E-state index contributed by atoms with van der Waals surface area (Å²) in [5.41, 5.74) is 4.15. The van der Waals surface area contributed by atoms with Crippen molar-refractivity contribution in [2.45, 2.75) is 91.6 Å². The zero-order valence-electron chi connectivity index (χ0n) is 17.0. The Hall–Kier alpha value is -1.71. The molecule has 1 N–H and O–H groups in total. The van der Waals surface area contributed by atoms with E-state index in [4.69, 9.17) is 14.6 Å². The number of hydrogen-bond acceptors (Lipinski definition) is 3. The van der Waals surface area contributed by atoms with Crippen LogP contribution in [0, 0.1) is 20.8 Å². The van der Waals surface area contributed by atoms with Crippen LogP contribution in [-0.2, 0) is 11.2 Å². The van der Waals surface area contributed by atoms with Crippen LogP contribution in [0.1, 0.15) is 81.0 Å². The maximum atomic E-state index is 10.9. The van der Waals surface area contributed by atoms with Gasteiger partial charge in [-0.3, -0.25) is 0 Å². The normalized spacial score (nSPS) is 19.0. The van der Waals surface area contributed by atoms with Crippen LogP contribution in [0.15, 0.2) is 0 Å². The third-order valence-electron chi connectivity index (χ3n) is 5.71. The fourth-order valence-electron chi connectivity index (χ4n) is 3.91. The molecule has 1 aromatic carbocycles. The zero-order chi connectivity index (χ0) is 19.3. The molecule has 1 aromatic rings. The summed E-state index contributed by atoms with van der Waals surface area (Å²) in [7, 11) is 0. The standard InChI is InChI=1S/C22H34O4/c1-6-7-8-9-10-12-22(5)13-11-18-17(4)20(25-14-19(23)24)15(2)16(3)21(18)26-22/h6-14H2,1-5H3,(H,23,24). The summed E-state index contributed by atoms with van der Waals surface area (Å²) in [4.78, 5) is 10.9. The highest BCUT2D eigenvalue weighted by atomic mass is 16.5. The Balaban J connectivity index is 2.16. The summed E-state index contributed by atoms with van der Waals surface area (Å²) in [6.45, 7) is 10.2. The highest BCUT2D eigenvalue weighted by Gasteiger charge is 2.34. The number of ether oxygens (including phenoxy) is 2. The molecule has 1 atom stereocenters. The second-order valence-corrected chi connectivity index (χ2v) is 7.91. The lowest BCUT2D eigenvalue weighted by Crippen LogP contribution is -2.37. The molecule has 0 aromatic heterocycles. The number of fused-ring (bicyclic) bond motifs is 1. The Bertz CT molecular complexity index is 650. The first-order valence-corrected chi connectivity index (χ1v) is 9.95. The molecule has 4 heteroatoms. The molecule has 0 aliphatic carbocycles. The lowest BCUT2D eigenvalue weighted by Gasteiger charge is -2.38. The van der Waals surface area contributed by atoms with E-state index >= 15 is 0 Å². The Kier molecular flexibility index (Phi) is 6.96. The fourth-order valence-corrected chi connectivity index (χ4v) is 3.91. The van der Waals surface area contributed by atoms with Gasteiger partial charge in [-0.05, 0) is 70.1 Å². The van der Waals surface area contributed by atoms with Gasteiger partial charge in [-0.1, -0.05) is 32.6 Å². The summed E-state index contributed by atoms with van der Waals surface area (Å²) in [6, 6.07) is 0. The van der Waals surface area contributed by atoms with E-state index in [-0.39, 0.29) is 12.2 Å². The summed E-state index contributed by atoms with van der Waals surface area (Å²) in [5.74, 6) is 0.742. The van der Waals surface area contributed by atoms with Gasteiger partial charge >= 0.3 is 5.97 Å². The molecular formula is C22H34O4. The third-order valence-corrected chi connectivity index (χ3v) is 5.71. The molecule has 146 valence electrons. The maximum absolute atomic E-state index is 10.9. The summed E-state index contributed by atoms with van der Waals surface area (Å²) < 4.78 is 12.1. The first-order chi connectivity index (χ1) is 12.3. The van der Waals surface area contributed by atoms with E-state index in [2.05, 4.69) is 13.8 Å². The second-order valence-electron chi connectivity index (χ2n) is 7.91. The van der Waals surface area contributed by atoms with Crippen molar-refractivity contribution in [3.05, 3.63) is 22.3 Å². The van der Waals surface area contributed by atoms with Crippen molar-refractivity contribution in [3.63, 3.8) is 0 Å². The smallest absolute Gasteiger partial charge is 0.341 e. The third kappa shape index (κ3) is 4.72. The van der Waals surface area contributed by atoms with Crippen LogP contribution in [0.2, 0.25) is 0 Å². The minimum absolute atomic E-state index is 0.105. The number of aliphatic carboxylic acids is 1. The van der Waals surface area contributed by atoms with Crippen molar-refractivity contribution in [1.29, 1.82) is 0 Å². The number of benzene rings is 1. The van der Waals surface area contributed by atoms with Gasteiger partial charge < -0.3 is 14.6 Å². The number of hydrogen-bond donors (Lipinski definition) is 1. The van der Waals surface area contributed by atoms with E-state index in [1.54, 1.807) is 0 Å². The Labute approximate surface area is 157 Å². The first-order valence-electron chi connectivity index (χ1n) is 9.95. The Morgan fingerprint density at radius 2 is 1.81 bits per heavy atom. The van der Waals surface area contributed by atoms with E-state index in [0.717, 1.165) is 41.7 Å². The van der Waals surface area contributed by atoms with Crippen LogP contribution in [0.25, 0.3) is 0 Å². The van der Waals surface area contributed by atoms with Crippen LogP contribution in [0.5, 0.6) is 11.5 Å². The van der Waals surface area contributed by atoms with Gasteiger partial charge in [0.15, 0.2) is 6.61 Å². The van der Waals surface area contributed by atoms with Crippen molar-refractivity contribution >= 4 is 5.97 Å². The van der Waals surface area contributed by atoms with E-state index in [1.807, 2.05) is 20.8 Å². The van der Waals surface area contributed by atoms with Gasteiger partial charge in [-0.25, -0.2) is 4.79 Å². The molecular weight excluding hydrogens is 328 g/mol. The lowest BCUT2D eigenvalue weighted by molar-refractivity contribution is -0.139. The molecule has 1 aliphatic heterocycles. The minimum atomic E-state index is -0.953. The maximum Gasteiger partial charge on any atom is 0.341 e. The van der Waals surface area contributed by atoms with Crippen LogP contribution in [0.4, 0.5) is 0 Å². The molecule has 0 fully saturated rings. The van der Waals surface area contributed by atoms with Crippen LogP contribution in [0.3, 0.4) is 0 Å². The Morgan fingerprint density at radius 3 is 2.46 bits per heavy atom. The van der Waals surface area contributed by atoms with Crippen LogP contribution in [-0.4, -0.2) is 23.3 Å². The quantitative estimate of drug-likeness (QED) is 0.588. The molecule has 0 radical (unpaired) electrons. The monoisotopic (exact) mass is 362 g/mol. The van der Waals surface area contributed by atoms with Crippen LogP contribution < -0.4 is 9.47 Å². The Morgan fingerprint density at radius 1 is 1.12 bits per heavy atom. The molecule has 1 aliphatic rings. The number of carboxylic acid groups (broad SMARTS) is 1. The molecule has 2 rings (SSSR count). The molecule has 0 amide bonds. The van der Waals surface area contributed by atoms with Gasteiger partial charge in [0.05, 0.1) is 0 Å². The molecule has 1 unspecified atom stereocenters. The zero-order valence-corrected chi connectivity index (χ0v) is 17.0.